The third kappa shape index (κ3) is 3.00. The van der Waals surface area contributed by atoms with Gasteiger partial charge in [-0.15, -0.1) is 0 Å². The molecule has 3 heteroatoms. The largest absolute Gasteiger partial charge is 0.416 e. The molecule has 0 nitrogen and oxygen atoms in total. The highest BCUT2D eigenvalue weighted by Gasteiger charge is 2.30. The van der Waals surface area contributed by atoms with Gasteiger partial charge in [0, 0.05) is 0 Å². The van der Waals surface area contributed by atoms with Crippen molar-refractivity contribution >= 4 is 21.5 Å². The molecule has 0 amide bonds. The number of hydrogen-bond donors (Lipinski definition) is 0. The maximum atomic E-state index is 13.2. The van der Waals surface area contributed by atoms with Crippen LogP contribution in [0.25, 0.3) is 32.7 Å². The van der Waals surface area contributed by atoms with Gasteiger partial charge in [-0.25, -0.2) is 0 Å². The van der Waals surface area contributed by atoms with Gasteiger partial charge in [0.05, 0.1) is 5.56 Å². The number of hydrogen-bond acceptors (Lipinski definition) is 0. The Morgan fingerprint density at radius 1 is 0.793 bits per heavy atom. The van der Waals surface area contributed by atoms with Crippen molar-refractivity contribution in [3.05, 3.63) is 83.4 Å². The molecule has 29 heavy (non-hydrogen) atoms. The fourth-order valence-corrected chi connectivity index (χ4v) is 4.90. The number of alkyl halides is 3. The number of rotatable bonds is 1. The van der Waals surface area contributed by atoms with Crippen LogP contribution in [0.4, 0.5) is 13.2 Å². The Labute approximate surface area is 168 Å². The quantitative estimate of drug-likeness (QED) is 0.288. The molecule has 0 heterocycles. The summed E-state index contributed by atoms with van der Waals surface area (Å²) in [5.74, 6) is 0.534. The van der Waals surface area contributed by atoms with Gasteiger partial charge in [-0.1, -0.05) is 61.5 Å². The van der Waals surface area contributed by atoms with E-state index >= 15 is 0 Å². The molecule has 146 valence electrons. The average Bonchev–Trinajstić information content (AvgIpc) is 2.72. The van der Waals surface area contributed by atoms with Crippen LogP contribution in [0.2, 0.25) is 0 Å². The highest BCUT2D eigenvalue weighted by Crippen LogP contribution is 2.41. The molecular weight excluding hydrogens is 369 g/mol. The fraction of sp³-hybridized carbons (Fsp3) is 0.231. The smallest absolute Gasteiger partial charge is 0.166 e. The summed E-state index contributed by atoms with van der Waals surface area (Å²) in [6, 6.07) is 20.2. The summed E-state index contributed by atoms with van der Waals surface area (Å²) in [6.07, 6.45) is -0.790. The second-order valence-corrected chi connectivity index (χ2v) is 8.07. The van der Waals surface area contributed by atoms with E-state index in [1.165, 1.54) is 46.9 Å². The minimum atomic E-state index is -4.34. The van der Waals surface area contributed by atoms with Crippen LogP contribution in [-0.2, 0) is 12.6 Å². The van der Waals surface area contributed by atoms with Gasteiger partial charge >= 0.3 is 6.18 Å². The molecule has 4 aromatic rings. The SMILES string of the molecule is CC1CCCc2ccc3c(ccc4c(-c5cccc(C(F)(F)F)c5)cccc43)c21. The molecule has 1 aliphatic carbocycles. The Bertz CT molecular complexity index is 1230. The van der Waals surface area contributed by atoms with E-state index < -0.39 is 11.7 Å². The van der Waals surface area contributed by atoms with E-state index in [2.05, 4.69) is 37.3 Å². The van der Waals surface area contributed by atoms with Gasteiger partial charge in [0.1, 0.15) is 0 Å². The van der Waals surface area contributed by atoms with E-state index in [-0.39, 0.29) is 0 Å². The van der Waals surface area contributed by atoms with Crippen LogP contribution in [0, 0.1) is 0 Å². The van der Waals surface area contributed by atoms with Gasteiger partial charge in [0.15, 0.2) is 0 Å². The van der Waals surface area contributed by atoms with Gasteiger partial charge < -0.3 is 0 Å². The Balaban J connectivity index is 1.76. The van der Waals surface area contributed by atoms with E-state index in [1.807, 2.05) is 12.1 Å². The topological polar surface area (TPSA) is 0 Å². The summed E-state index contributed by atoms with van der Waals surface area (Å²) in [4.78, 5) is 0. The molecule has 0 aliphatic heterocycles. The maximum Gasteiger partial charge on any atom is 0.416 e. The van der Waals surface area contributed by atoms with Crippen LogP contribution in [-0.4, -0.2) is 0 Å². The van der Waals surface area contributed by atoms with Gasteiger partial charge in [0.25, 0.3) is 0 Å². The molecule has 0 saturated carbocycles. The maximum absolute atomic E-state index is 13.2. The zero-order valence-corrected chi connectivity index (χ0v) is 16.2. The molecule has 0 aromatic heterocycles. The van der Waals surface area contributed by atoms with E-state index in [9.17, 15) is 13.2 Å². The summed E-state index contributed by atoms with van der Waals surface area (Å²) >= 11 is 0. The summed E-state index contributed by atoms with van der Waals surface area (Å²) in [5, 5.41) is 4.55. The summed E-state index contributed by atoms with van der Waals surface area (Å²) in [7, 11) is 0. The molecule has 1 unspecified atom stereocenters. The van der Waals surface area contributed by atoms with Crippen molar-refractivity contribution in [3.8, 4) is 11.1 Å². The van der Waals surface area contributed by atoms with Crippen molar-refractivity contribution in [2.45, 2.75) is 38.3 Å². The molecule has 0 saturated heterocycles. The van der Waals surface area contributed by atoms with E-state index in [0.29, 0.717) is 11.5 Å². The zero-order chi connectivity index (χ0) is 20.2. The third-order valence-corrected chi connectivity index (χ3v) is 6.27. The monoisotopic (exact) mass is 390 g/mol. The third-order valence-electron chi connectivity index (χ3n) is 6.27. The highest BCUT2D eigenvalue weighted by molar-refractivity contribution is 6.13. The number of halogens is 3. The van der Waals surface area contributed by atoms with Crippen molar-refractivity contribution in [1.82, 2.24) is 0 Å². The van der Waals surface area contributed by atoms with Crippen LogP contribution in [0.15, 0.2) is 66.7 Å². The van der Waals surface area contributed by atoms with Crippen molar-refractivity contribution in [2.24, 2.45) is 0 Å². The number of fused-ring (bicyclic) bond motifs is 5. The van der Waals surface area contributed by atoms with E-state index in [0.717, 1.165) is 28.8 Å². The molecule has 0 fully saturated rings. The lowest BCUT2D eigenvalue weighted by atomic mass is 9.80. The normalized spacial score (nSPS) is 16.9. The molecule has 1 atom stereocenters. The first kappa shape index (κ1) is 18.2. The van der Waals surface area contributed by atoms with Crippen molar-refractivity contribution < 1.29 is 13.2 Å². The Morgan fingerprint density at radius 2 is 1.52 bits per heavy atom. The first-order chi connectivity index (χ1) is 13.9. The molecule has 0 N–H and O–H groups in total. The minimum absolute atomic E-state index is 0.534. The van der Waals surface area contributed by atoms with E-state index in [4.69, 9.17) is 0 Å². The van der Waals surface area contributed by atoms with E-state index in [1.54, 1.807) is 6.07 Å². The van der Waals surface area contributed by atoms with Crippen LogP contribution in [0.1, 0.15) is 42.4 Å². The summed E-state index contributed by atoms with van der Waals surface area (Å²) < 4.78 is 39.6. The van der Waals surface area contributed by atoms with Gasteiger partial charge in [0.2, 0.25) is 0 Å². The number of benzene rings is 4. The molecule has 0 bridgehead atoms. The van der Waals surface area contributed by atoms with Crippen LogP contribution >= 0.6 is 0 Å². The van der Waals surface area contributed by atoms with Gasteiger partial charge in [-0.05, 0) is 81.1 Å². The molecule has 5 rings (SSSR count). The lowest BCUT2D eigenvalue weighted by Crippen LogP contribution is -2.07. The molecule has 1 aliphatic rings. The first-order valence-electron chi connectivity index (χ1n) is 10.1. The van der Waals surface area contributed by atoms with Crippen molar-refractivity contribution in [1.29, 1.82) is 0 Å². The minimum Gasteiger partial charge on any atom is -0.166 e. The van der Waals surface area contributed by atoms with Crippen molar-refractivity contribution in [3.63, 3.8) is 0 Å². The highest BCUT2D eigenvalue weighted by atomic mass is 19.4. The van der Waals surface area contributed by atoms with Crippen molar-refractivity contribution in [2.75, 3.05) is 0 Å². The second-order valence-electron chi connectivity index (χ2n) is 8.07. The Morgan fingerprint density at radius 3 is 2.34 bits per heavy atom. The lowest BCUT2D eigenvalue weighted by molar-refractivity contribution is -0.137. The first-order valence-corrected chi connectivity index (χ1v) is 10.1. The summed E-state index contributed by atoms with van der Waals surface area (Å²) in [6.45, 7) is 2.29. The van der Waals surface area contributed by atoms with Gasteiger partial charge in [-0.2, -0.15) is 13.2 Å². The Kier molecular flexibility index (Phi) is 4.16. The predicted octanol–water partition coefficient (Wildman–Crippen LogP) is 8.12. The summed E-state index contributed by atoms with van der Waals surface area (Å²) in [5.41, 5.74) is 3.69. The predicted molar refractivity (Wildman–Crippen MR) is 113 cm³/mol. The lowest BCUT2D eigenvalue weighted by Gasteiger charge is -2.25. The molecule has 0 radical (unpaired) electrons. The molecule has 0 spiro atoms. The number of aryl methyl sites for hydroxylation is 1. The van der Waals surface area contributed by atoms with Crippen LogP contribution < -0.4 is 0 Å². The zero-order valence-electron chi connectivity index (χ0n) is 16.2. The van der Waals surface area contributed by atoms with Gasteiger partial charge in [-0.3, -0.25) is 0 Å². The molecule has 4 aromatic carbocycles. The average molecular weight is 390 g/mol. The molecular formula is C26H21F3. The van der Waals surface area contributed by atoms with Crippen LogP contribution in [0.3, 0.4) is 0 Å². The second kappa shape index (κ2) is 6.62. The fourth-order valence-electron chi connectivity index (χ4n) is 4.90. The van der Waals surface area contributed by atoms with Crippen LogP contribution in [0.5, 0.6) is 0 Å². The Hall–Kier alpha value is -2.81. The standard InChI is InChI=1S/C26H21F3/c1-16-5-2-6-17-11-12-23-21-10-4-9-20(22(21)13-14-24(23)25(16)17)18-7-3-8-19(15-18)26(27,28)29/h3-4,7-16H,2,5-6H2,1H3.